The molecule has 2 heterocycles. The molecule has 0 aliphatic heterocycles. The molecule has 2 aromatic heterocycles. The summed E-state index contributed by atoms with van der Waals surface area (Å²) in [4.78, 5) is 31.9. The third kappa shape index (κ3) is 5.34. The van der Waals surface area contributed by atoms with Crippen LogP contribution in [0, 0.1) is 6.92 Å². The predicted octanol–water partition coefficient (Wildman–Crippen LogP) is 0.00182. The second-order valence-electron chi connectivity index (χ2n) is 5.04. The van der Waals surface area contributed by atoms with E-state index < -0.39 is 0 Å². The van der Waals surface area contributed by atoms with Crippen molar-refractivity contribution in [3.63, 3.8) is 0 Å². The summed E-state index contributed by atoms with van der Waals surface area (Å²) in [5.74, 6) is 0.983. The molecule has 0 aliphatic carbocycles. The van der Waals surface area contributed by atoms with Crippen molar-refractivity contribution in [2.24, 2.45) is 0 Å². The molecule has 2 rings (SSSR count). The number of amides is 1. The standard InChI is InChI=1S/C15H21N7O2/c1-3-16-15-20-11(2)9-12(21-15)17-7-8-18-13(23)10-22-14(24)5-4-6-19-22/h4-6,9H,3,7-8,10H2,1-2H3,(H,18,23)(H2,16,17,20,21). The molecular formula is C15H21N7O2. The highest BCUT2D eigenvalue weighted by molar-refractivity contribution is 5.75. The molecule has 9 heteroatoms. The lowest BCUT2D eigenvalue weighted by atomic mass is 10.4. The molecule has 0 atom stereocenters. The minimum absolute atomic E-state index is 0.100. The number of aryl methyl sites for hydroxylation is 1. The molecule has 0 saturated heterocycles. The van der Waals surface area contributed by atoms with Crippen LogP contribution in [0.25, 0.3) is 0 Å². The van der Waals surface area contributed by atoms with Gasteiger partial charge in [-0.1, -0.05) is 0 Å². The zero-order chi connectivity index (χ0) is 17.4. The summed E-state index contributed by atoms with van der Waals surface area (Å²) in [6.45, 7) is 5.41. The van der Waals surface area contributed by atoms with Gasteiger partial charge in [0, 0.05) is 43.7 Å². The maximum Gasteiger partial charge on any atom is 0.267 e. The topological polar surface area (TPSA) is 114 Å². The van der Waals surface area contributed by atoms with Gasteiger partial charge >= 0.3 is 0 Å². The van der Waals surface area contributed by atoms with Crippen molar-refractivity contribution in [2.75, 3.05) is 30.3 Å². The van der Waals surface area contributed by atoms with Crippen LogP contribution in [0.5, 0.6) is 0 Å². The van der Waals surface area contributed by atoms with Gasteiger partial charge < -0.3 is 16.0 Å². The maximum absolute atomic E-state index is 11.8. The van der Waals surface area contributed by atoms with Gasteiger partial charge in [-0.3, -0.25) is 9.59 Å². The summed E-state index contributed by atoms with van der Waals surface area (Å²) in [7, 11) is 0. The summed E-state index contributed by atoms with van der Waals surface area (Å²) in [6, 6.07) is 4.73. The summed E-state index contributed by atoms with van der Waals surface area (Å²) in [6.07, 6.45) is 1.47. The van der Waals surface area contributed by atoms with E-state index in [0.717, 1.165) is 16.9 Å². The minimum Gasteiger partial charge on any atom is -0.368 e. The molecule has 0 aromatic carbocycles. The molecule has 0 saturated carbocycles. The van der Waals surface area contributed by atoms with Gasteiger partial charge in [0.1, 0.15) is 12.4 Å². The molecule has 0 spiro atoms. The zero-order valence-corrected chi connectivity index (χ0v) is 13.7. The molecule has 9 nitrogen and oxygen atoms in total. The smallest absolute Gasteiger partial charge is 0.267 e. The molecule has 24 heavy (non-hydrogen) atoms. The first-order valence-corrected chi connectivity index (χ1v) is 7.70. The minimum atomic E-state index is -0.307. The Kier molecular flexibility index (Phi) is 6.23. The van der Waals surface area contributed by atoms with Crippen molar-refractivity contribution in [2.45, 2.75) is 20.4 Å². The zero-order valence-electron chi connectivity index (χ0n) is 13.7. The Morgan fingerprint density at radius 1 is 1.25 bits per heavy atom. The molecule has 2 aromatic rings. The van der Waals surface area contributed by atoms with Crippen molar-refractivity contribution in [3.05, 3.63) is 40.4 Å². The maximum atomic E-state index is 11.8. The lowest BCUT2D eigenvalue weighted by molar-refractivity contribution is -0.121. The van der Waals surface area contributed by atoms with E-state index in [0.29, 0.717) is 24.9 Å². The van der Waals surface area contributed by atoms with Crippen LogP contribution in [-0.2, 0) is 11.3 Å². The van der Waals surface area contributed by atoms with Crippen LogP contribution in [0.1, 0.15) is 12.6 Å². The fourth-order valence-corrected chi connectivity index (χ4v) is 1.99. The first-order valence-electron chi connectivity index (χ1n) is 7.70. The Hall–Kier alpha value is -2.97. The number of hydrogen-bond donors (Lipinski definition) is 3. The van der Waals surface area contributed by atoms with Crippen LogP contribution >= 0.6 is 0 Å². The van der Waals surface area contributed by atoms with E-state index in [4.69, 9.17) is 0 Å². The predicted molar refractivity (Wildman–Crippen MR) is 90.9 cm³/mol. The highest BCUT2D eigenvalue weighted by Crippen LogP contribution is 2.08. The number of nitrogens with zero attached hydrogens (tertiary/aromatic N) is 4. The summed E-state index contributed by atoms with van der Waals surface area (Å²) >= 11 is 0. The highest BCUT2D eigenvalue weighted by atomic mass is 16.2. The Balaban J connectivity index is 1.77. The van der Waals surface area contributed by atoms with Crippen LogP contribution in [-0.4, -0.2) is 45.3 Å². The van der Waals surface area contributed by atoms with Gasteiger partial charge in [-0.25, -0.2) is 9.67 Å². The van der Waals surface area contributed by atoms with E-state index in [1.54, 1.807) is 0 Å². The third-order valence-electron chi connectivity index (χ3n) is 3.02. The average molecular weight is 331 g/mol. The largest absolute Gasteiger partial charge is 0.368 e. The number of nitrogens with one attached hydrogen (secondary N) is 3. The monoisotopic (exact) mass is 331 g/mol. The van der Waals surface area contributed by atoms with Crippen LogP contribution in [0.3, 0.4) is 0 Å². The van der Waals surface area contributed by atoms with Crippen molar-refractivity contribution < 1.29 is 4.79 Å². The Morgan fingerprint density at radius 3 is 2.83 bits per heavy atom. The van der Waals surface area contributed by atoms with Crippen molar-refractivity contribution in [1.82, 2.24) is 25.1 Å². The van der Waals surface area contributed by atoms with Crippen molar-refractivity contribution >= 4 is 17.7 Å². The number of hydrogen-bond acceptors (Lipinski definition) is 7. The van der Waals surface area contributed by atoms with Crippen LogP contribution in [0.2, 0.25) is 0 Å². The van der Waals surface area contributed by atoms with Gasteiger partial charge in [-0.2, -0.15) is 10.1 Å². The van der Waals surface area contributed by atoms with E-state index in [2.05, 4.69) is 31.0 Å². The summed E-state index contributed by atoms with van der Waals surface area (Å²) in [5, 5.41) is 12.7. The van der Waals surface area contributed by atoms with E-state index in [-0.39, 0.29) is 18.0 Å². The average Bonchev–Trinajstić information content (AvgIpc) is 2.54. The fraction of sp³-hybridized carbons (Fsp3) is 0.400. The first kappa shape index (κ1) is 17.4. The van der Waals surface area contributed by atoms with E-state index in [9.17, 15) is 9.59 Å². The molecule has 0 unspecified atom stereocenters. The molecule has 3 N–H and O–H groups in total. The molecule has 1 amide bonds. The number of carbonyl (C=O) groups excluding carboxylic acids is 1. The third-order valence-corrected chi connectivity index (χ3v) is 3.02. The second kappa shape index (κ2) is 8.61. The first-order chi connectivity index (χ1) is 11.6. The normalized spacial score (nSPS) is 10.2. The number of carbonyl (C=O) groups is 1. The van der Waals surface area contributed by atoms with Gasteiger partial charge in [-0.05, 0) is 19.9 Å². The Morgan fingerprint density at radius 2 is 2.08 bits per heavy atom. The number of aromatic nitrogens is 4. The van der Waals surface area contributed by atoms with Crippen molar-refractivity contribution in [1.29, 1.82) is 0 Å². The lowest BCUT2D eigenvalue weighted by Crippen LogP contribution is -2.35. The van der Waals surface area contributed by atoms with Gasteiger partial charge in [0.25, 0.3) is 5.56 Å². The van der Waals surface area contributed by atoms with Gasteiger partial charge in [0.15, 0.2) is 0 Å². The second-order valence-corrected chi connectivity index (χ2v) is 5.04. The molecule has 0 aliphatic rings. The molecular weight excluding hydrogens is 310 g/mol. The fourth-order valence-electron chi connectivity index (χ4n) is 1.99. The van der Waals surface area contributed by atoms with Gasteiger partial charge in [0.05, 0.1) is 0 Å². The number of anilines is 2. The van der Waals surface area contributed by atoms with E-state index >= 15 is 0 Å². The van der Waals surface area contributed by atoms with Crippen molar-refractivity contribution in [3.8, 4) is 0 Å². The number of rotatable bonds is 8. The van der Waals surface area contributed by atoms with E-state index in [1.165, 1.54) is 18.3 Å². The Labute approximate surface area is 139 Å². The van der Waals surface area contributed by atoms with Gasteiger partial charge in [0.2, 0.25) is 11.9 Å². The molecule has 0 bridgehead atoms. The summed E-state index contributed by atoms with van der Waals surface area (Å²) in [5.41, 5.74) is 0.542. The molecule has 0 fully saturated rings. The van der Waals surface area contributed by atoms with Crippen LogP contribution in [0.15, 0.2) is 29.2 Å². The summed E-state index contributed by atoms with van der Waals surface area (Å²) < 4.78 is 1.11. The highest BCUT2D eigenvalue weighted by Gasteiger charge is 2.05. The quantitative estimate of drug-likeness (QED) is 0.583. The Bertz CT molecular complexity index is 745. The van der Waals surface area contributed by atoms with E-state index in [1.807, 2.05) is 19.9 Å². The van der Waals surface area contributed by atoms with Gasteiger partial charge in [-0.15, -0.1) is 0 Å². The lowest BCUT2D eigenvalue weighted by Gasteiger charge is -2.10. The van der Waals surface area contributed by atoms with Crippen LogP contribution < -0.4 is 21.5 Å². The molecule has 128 valence electrons. The SMILES string of the molecule is CCNc1nc(C)cc(NCCNC(=O)Cn2ncccc2=O)n1. The van der Waals surface area contributed by atoms with Crippen LogP contribution in [0.4, 0.5) is 11.8 Å². The molecule has 0 radical (unpaired) electrons.